The van der Waals surface area contributed by atoms with Crippen LogP contribution < -0.4 is 14.8 Å². The summed E-state index contributed by atoms with van der Waals surface area (Å²) >= 11 is 0. The minimum absolute atomic E-state index is 0.106. The lowest BCUT2D eigenvalue weighted by molar-refractivity contribution is -0.110. The fraction of sp³-hybridized carbons (Fsp3) is 0.500. The number of carbonyl (C=O) groups is 1. The van der Waals surface area contributed by atoms with Crippen molar-refractivity contribution < 1.29 is 14.3 Å². The smallest absolute Gasteiger partial charge is 0.207 e. The zero-order valence-electron chi connectivity index (χ0n) is 11.2. The van der Waals surface area contributed by atoms with E-state index in [1.54, 1.807) is 0 Å². The third kappa shape index (κ3) is 4.28. The van der Waals surface area contributed by atoms with Gasteiger partial charge in [0.25, 0.3) is 0 Å². The molecule has 0 saturated heterocycles. The maximum Gasteiger partial charge on any atom is 0.207 e. The van der Waals surface area contributed by atoms with Crippen molar-refractivity contribution in [3.63, 3.8) is 0 Å². The van der Waals surface area contributed by atoms with Gasteiger partial charge in [0.2, 0.25) is 6.41 Å². The molecule has 1 aromatic carbocycles. The lowest BCUT2D eigenvalue weighted by Gasteiger charge is -2.14. The van der Waals surface area contributed by atoms with Crippen LogP contribution >= 0.6 is 0 Å². The summed E-state index contributed by atoms with van der Waals surface area (Å²) < 4.78 is 11.1. The predicted octanol–water partition coefficient (Wildman–Crippen LogP) is 2.16. The Labute approximate surface area is 108 Å². The Morgan fingerprint density at radius 1 is 1.22 bits per heavy atom. The van der Waals surface area contributed by atoms with E-state index in [0.717, 1.165) is 29.9 Å². The third-order valence-electron chi connectivity index (χ3n) is 2.50. The molecule has 4 heteroatoms. The Kier molecular flexibility index (Phi) is 6.05. The van der Waals surface area contributed by atoms with E-state index in [9.17, 15) is 4.79 Å². The molecule has 0 aromatic heterocycles. The molecule has 0 aliphatic rings. The summed E-state index contributed by atoms with van der Waals surface area (Å²) in [6.45, 7) is 7.07. The van der Waals surface area contributed by atoms with Crippen LogP contribution in [0.3, 0.4) is 0 Å². The number of hydrogen-bond acceptors (Lipinski definition) is 3. The second-order valence-corrected chi connectivity index (χ2v) is 4.04. The van der Waals surface area contributed by atoms with Crippen molar-refractivity contribution in [2.24, 2.45) is 0 Å². The summed E-state index contributed by atoms with van der Waals surface area (Å²) in [6.07, 6.45) is 1.49. The van der Waals surface area contributed by atoms with Crippen LogP contribution in [0.5, 0.6) is 11.5 Å². The quantitative estimate of drug-likeness (QED) is 0.720. The second kappa shape index (κ2) is 7.58. The van der Waals surface area contributed by atoms with Gasteiger partial charge in [-0.3, -0.25) is 4.79 Å². The molecule has 0 aliphatic heterocycles. The molecule has 1 N–H and O–H groups in total. The highest BCUT2D eigenvalue weighted by Gasteiger charge is 2.08. The van der Waals surface area contributed by atoms with E-state index in [1.165, 1.54) is 0 Å². The largest absolute Gasteiger partial charge is 0.490 e. The summed E-state index contributed by atoms with van der Waals surface area (Å²) in [5, 5.41) is 2.73. The van der Waals surface area contributed by atoms with Crippen molar-refractivity contribution in [2.45, 2.75) is 33.2 Å². The van der Waals surface area contributed by atoms with Gasteiger partial charge in [-0.05, 0) is 44.9 Å². The number of carbonyl (C=O) groups excluding carboxylic acids is 1. The Morgan fingerprint density at radius 3 is 2.50 bits per heavy atom. The summed E-state index contributed by atoms with van der Waals surface area (Å²) in [5.74, 6) is 1.52. The molecule has 4 nitrogen and oxygen atoms in total. The van der Waals surface area contributed by atoms with Crippen LogP contribution in [0.1, 0.15) is 26.3 Å². The maximum absolute atomic E-state index is 10.4. The third-order valence-corrected chi connectivity index (χ3v) is 2.50. The first-order valence-electron chi connectivity index (χ1n) is 6.29. The molecule has 1 aromatic rings. The van der Waals surface area contributed by atoms with E-state index < -0.39 is 0 Å². The molecule has 0 aliphatic carbocycles. The summed E-state index contributed by atoms with van der Waals surface area (Å²) in [7, 11) is 0. The summed E-state index contributed by atoms with van der Waals surface area (Å²) in [4.78, 5) is 10.4. The van der Waals surface area contributed by atoms with Gasteiger partial charge in [-0.2, -0.15) is 0 Å². The van der Waals surface area contributed by atoms with Crippen molar-refractivity contribution in [3.8, 4) is 11.5 Å². The van der Waals surface area contributed by atoms with Crippen molar-refractivity contribution >= 4 is 6.41 Å². The molecule has 18 heavy (non-hydrogen) atoms. The minimum Gasteiger partial charge on any atom is -0.490 e. The van der Waals surface area contributed by atoms with Crippen molar-refractivity contribution in [2.75, 3.05) is 13.2 Å². The molecular formula is C14H21NO3. The monoisotopic (exact) mass is 251 g/mol. The van der Waals surface area contributed by atoms with Gasteiger partial charge >= 0.3 is 0 Å². The molecule has 0 radical (unpaired) electrons. The highest BCUT2D eigenvalue weighted by molar-refractivity contribution is 5.47. The van der Waals surface area contributed by atoms with E-state index in [1.807, 2.05) is 39.0 Å². The second-order valence-electron chi connectivity index (χ2n) is 4.04. The van der Waals surface area contributed by atoms with Gasteiger partial charge < -0.3 is 14.8 Å². The number of hydrogen-bond donors (Lipinski definition) is 1. The van der Waals surface area contributed by atoms with Crippen molar-refractivity contribution in [3.05, 3.63) is 23.8 Å². The Morgan fingerprint density at radius 2 is 1.89 bits per heavy atom. The van der Waals surface area contributed by atoms with Gasteiger partial charge in [-0.25, -0.2) is 0 Å². The molecule has 0 spiro atoms. The van der Waals surface area contributed by atoms with Crippen molar-refractivity contribution in [1.82, 2.24) is 5.32 Å². The lowest BCUT2D eigenvalue weighted by Crippen LogP contribution is -2.26. The number of rotatable bonds is 8. The average Bonchev–Trinajstić information content (AvgIpc) is 2.33. The molecule has 1 atom stereocenters. The first-order chi connectivity index (χ1) is 8.71. The van der Waals surface area contributed by atoms with Crippen molar-refractivity contribution in [1.29, 1.82) is 0 Å². The van der Waals surface area contributed by atoms with Gasteiger partial charge in [0, 0.05) is 6.04 Å². The van der Waals surface area contributed by atoms with Crippen LogP contribution in [0.4, 0.5) is 0 Å². The first kappa shape index (κ1) is 14.4. The Bertz CT molecular complexity index is 379. The van der Waals surface area contributed by atoms with Crippen LogP contribution in [0.25, 0.3) is 0 Å². The molecular weight excluding hydrogens is 230 g/mol. The van der Waals surface area contributed by atoms with E-state index in [4.69, 9.17) is 9.47 Å². The van der Waals surface area contributed by atoms with Crippen LogP contribution in [0.2, 0.25) is 0 Å². The predicted molar refractivity (Wildman–Crippen MR) is 71.1 cm³/mol. The van der Waals surface area contributed by atoms with E-state index in [-0.39, 0.29) is 6.04 Å². The van der Waals surface area contributed by atoms with Gasteiger partial charge in [0.1, 0.15) is 0 Å². The van der Waals surface area contributed by atoms with Crippen LogP contribution in [-0.2, 0) is 11.2 Å². The molecule has 100 valence electrons. The Balaban J connectivity index is 2.81. The summed E-state index contributed by atoms with van der Waals surface area (Å²) in [6, 6.07) is 5.99. The number of ether oxygens (including phenoxy) is 2. The molecule has 0 unspecified atom stereocenters. The van der Waals surface area contributed by atoms with Gasteiger partial charge in [0.15, 0.2) is 11.5 Å². The molecule has 0 heterocycles. The average molecular weight is 251 g/mol. The van der Waals surface area contributed by atoms with Gasteiger partial charge in [0.05, 0.1) is 13.2 Å². The van der Waals surface area contributed by atoms with Crippen LogP contribution in [0.15, 0.2) is 18.2 Å². The highest BCUT2D eigenvalue weighted by Crippen LogP contribution is 2.28. The first-order valence-corrected chi connectivity index (χ1v) is 6.29. The maximum atomic E-state index is 10.4. The number of amides is 1. The molecule has 0 saturated carbocycles. The van der Waals surface area contributed by atoms with Crippen LogP contribution in [0, 0.1) is 0 Å². The van der Waals surface area contributed by atoms with Gasteiger partial charge in [-0.1, -0.05) is 6.07 Å². The molecule has 1 rings (SSSR count). The summed E-state index contributed by atoms with van der Waals surface area (Å²) in [5.41, 5.74) is 1.11. The fourth-order valence-corrected chi connectivity index (χ4v) is 1.75. The molecule has 0 bridgehead atoms. The zero-order valence-corrected chi connectivity index (χ0v) is 11.2. The van der Waals surface area contributed by atoms with E-state index >= 15 is 0 Å². The number of nitrogens with one attached hydrogen (secondary N) is 1. The molecule has 0 fully saturated rings. The van der Waals surface area contributed by atoms with Crippen LogP contribution in [-0.4, -0.2) is 25.7 Å². The molecule has 1 amide bonds. The topological polar surface area (TPSA) is 47.6 Å². The SMILES string of the molecule is CCOc1ccc(C[C@@H](C)NC=O)cc1OCC. The standard InChI is InChI=1S/C14H21NO3/c1-4-17-13-7-6-12(8-11(3)15-10-16)9-14(13)18-5-2/h6-7,9-11H,4-5,8H2,1-3H3,(H,15,16)/t11-/m1/s1. The van der Waals surface area contributed by atoms with Gasteiger partial charge in [-0.15, -0.1) is 0 Å². The normalized spacial score (nSPS) is 11.7. The fourth-order valence-electron chi connectivity index (χ4n) is 1.75. The highest BCUT2D eigenvalue weighted by atomic mass is 16.5. The Hall–Kier alpha value is -1.71. The minimum atomic E-state index is 0.106. The van der Waals surface area contributed by atoms with E-state index in [0.29, 0.717) is 13.2 Å². The lowest BCUT2D eigenvalue weighted by atomic mass is 10.1. The zero-order chi connectivity index (χ0) is 13.4. The number of benzene rings is 1. The van der Waals surface area contributed by atoms with E-state index in [2.05, 4.69) is 5.32 Å².